The fourth-order valence-corrected chi connectivity index (χ4v) is 7.64. The number of carboxylic acids is 1. The molecule has 44 heavy (non-hydrogen) atoms. The van der Waals surface area contributed by atoms with Gasteiger partial charge in [-0.2, -0.15) is 0 Å². The van der Waals surface area contributed by atoms with Crippen LogP contribution >= 0.6 is 23.2 Å². The molecule has 0 bridgehead atoms. The number of fused-ring (bicyclic) bond motifs is 1. The molecule has 0 saturated carbocycles. The summed E-state index contributed by atoms with van der Waals surface area (Å²) in [5.74, 6) is -1.24. The third kappa shape index (κ3) is 6.67. The molecule has 1 atom stereocenters. The zero-order chi connectivity index (χ0) is 32.0. The van der Waals surface area contributed by atoms with E-state index in [0.717, 1.165) is 15.5 Å². The van der Waals surface area contributed by atoms with Crippen LogP contribution in [0.2, 0.25) is 10.0 Å². The number of benzene rings is 2. The van der Waals surface area contributed by atoms with Gasteiger partial charge in [0.1, 0.15) is 11.9 Å². The average Bonchev–Trinajstić information content (AvgIpc) is 3.35. The highest BCUT2D eigenvalue weighted by molar-refractivity contribution is 7.93. The summed E-state index contributed by atoms with van der Waals surface area (Å²) in [6.45, 7) is 9.80. The number of nitrogens with one attached hydrogen (secondary N) is 1. The lowest BCUT2D eigenvalue weighted by molar-refractivity contribution is -0.247. The number of hydrogen-bond donors (Lipinski definition) is 2. The fraction of sp³-hybridized carbons (Fsp3) is 0.355. The van der Waals surface area contributed by atoms with Crippen molar-refractivity contribution < 1.29 is 27.8 Å². The highest BCUT2D eigenvalue weighted by atomic mass is 35.5. The zero-order valence-corrected chi connectivity index (χ0v) is 27.2. The van der Waals surface area contributed by atoms with E-state index in [2.05, 4.69) is 10.3 Å². The van der Waals surface area contributed by atoms with E-state index in [1.54, 1.807) is 45.2 Å². The summed E-state index contributed by atoms with van der Waals surface area (Å²) >= 11 is 12.3. The van der Waals surface area contributed by atoms with Gasteiger partial charge in [-0.1, -0.05) is 44.0 Å². The molecule has 13 heteroatoms. The Bertz CT molecular complexity index is 1770. The molecule has 4 aromatic rings. The summed E-state index contributed by atoms with van der Waals surface area (Å²) in [6, 6.07) is 13.0. The molecule has 1 aliphatic heterocycles. The molecule has 2 aromatic heterocycles. The fourth-order valence-electron chi connectivity index (χ4n) is 5.13. The van der Waals surface area contributed by atoms with Crippen molar-refractivity contribution in [2.45, 2.75) is 57.4 Å². The monoisotopic (exact) mass is 660 g/mol. The molecule has 10 nitrogen and oxygen atoms in total. The first-order chi connectivity index (χ1) is 20.5. The number of aromatic nitrogens is 2. The van der Waals surface area contributed by atoms with Crippen LogP contribution in [-0.4, -0.2) is 60.1 Å². The van der Waals surface area contributed by atoms with Crippen molar-refractivity contribution in [3.05, 3.63) is 77.0 Å². The van der Waals surface area contributed by atoms with E-state index in [1.807, 2.05) is 42.8 Å². The predicted octanol–water partition coefficient (Wildman–Crippen LogP) is 6.59. The Balaban J connectivity index is 1.49. The van der Waals surface area contributed by atoms with Crippen molar-refractivity contribution >= 4 is 61.5 Å². The molecule has 0 aliphatic carbocycles. The molecule has 2 N–H and O–H groups in total. The van der Waals surface area contributed by atoms with E-state index in [-0.39, 0.29) is 26.7 Å². The number of sulfonamides is 1. The Labute approximate surface area is 266 Å². The number of nitrogens with zero attached hydrogens (tertiary/aromatic N) is 3. The van der Waals surface area contributed by atoms with Crippen molar-refractivity contribution in [3.63, 3.8) is 0 Å². The lowest BCUT2D eigenvalue weighted by atomic mass is 9.86. The summed E-state index contributed by atoms with van der Waals surface area (Å²) in [7, 11) is -4.42. The van der Waals surface area contributed by atoms with Crippen LogP contribution in [0.1, 0.15) is 34.6 Å². The molecule has 1 unspecified atom stereocenters. The van der Waals surface area contributed by atoms with Crippen LogP contribution in [0.5, 0.6) is 0 Å². The Hall–Kier alpha value is -3.35. The summed E-state index contributed by atoms with van der Waals surface area (Å²) in [5, 5.41) is 14.6. The molecular formula is C31H34Cl2N4O6S. The predicted molar refractivity (Wildman–Crippen MR) is 171 cm³/mol. The lowest BCUT2D eigenvalue weighted by Gasteiger charge is -2.37. The van der Waals surface area contributed by atoms with Gasteiger partial charge in [-0.15, -0.1) is 0 Å². The van der Waals surface area contributed by atoms with Gasteiger partial charge >= 0.3 is 5.97 Å². The van der Waals surface area contributed by atoms with Gasteiger partial charge in [0, 0.05) is 21.6 Å². The molecule has 0 radical (unpaired) electrons. The highest BCUT2D eigenvalue weighted by Crippen LogP contribution is 2.37. The molecule has 0 spiro atoms. The first-order valence-electron chi connectivity index (χ1n) is 13.9. The van der Waals surface area contributed by atoms with Crippen molar-refractivity contribution in [2.24, 2.45) is 5.41 Å². The Morgan fingerprint density at radius 2 is 1.73 bits per heavy atom. The first kappa shape index (κ1) is 32.1. The second-order valence-electron chi connectivity index (χ2n) is 12.2. The molecular weight excluding hydrogens is 627 g/mol. The molecule has 5 rings (SSSR count). The number of halogens is 2. The number of carboxylic acid groups (broad SMARTS) is 1. The number of pyridine rings is 1. The minimum atomic E-state index is -4.42. The van der Waals surface area contributed by atoms with Crippen LogP contribution in [-0.2, 0) is 24.3 Å². The van der Waals surface area contributed by atoms with Gasteiger partial charge in [-0.3, -0.25) is 4.31 Å². The SMILES string of the molecule is CC1(C)OCC(Nc2ccc(-n3ccc4cc(N(C(C(=O)O)C(C)(C)C)S(=O)(=O)c5cc(Cl)cc(Cl)c5)ccc43)nc2)CO1. The highest BCUT2D eigenvalue weighted by Gasteiger charge is 2.43. The minimum Gasteiger partial charge on any atom is -0.480 e. The average molecular weight is 662 g/mol. The summed E-state index contributed by atoms with van der Waals surface area (Å²) < 4.78 is 42.5. The zero-order valence-electron chi connectivity index (χ0n) is 24.9. The smallest absolute Gasteiger partial charge is 0.328 e. The number of ether oxygens (including phenoxy) is 2. The van der Waals surface area contributed by atoms with E-state index in [4.69, 9.17) is 32.7 Å². The molecule has 1 fully saturated rings. The molecule has 3 heterocycles. The van der Waals surface area contributed by atoms with Crippen molar-refractivity contribution in [2.75, 3.05) is 22.8 Å². The first-order valence-corrected chi connectivity index (χ1v) is 16.1. The quantitative estimate of drug-likeness (QED) is 0.217. The second-order valence-corrected chi connectivity index (χ2v) is 14.9. The van der Waals surface area contributed by atoms with Crippen molar-refractivity contribution in [3.8, 4) is 5.82 Å². The number of anilines is 2. The van der Waals surface area contributed by atoms with E-state index >= 15 is 0 Å². The van der Waals surface area contributed by atoms with E-state index in [0.29, 0.717) is 24.4 Å². The van der Waals surface area contributed by atoms with E-state index < -0.39 is 33.2 Å². The normalized spacial score (nSPS) is 16.5. The molecule has 234 valence electrons. The van der Waals surface area contributed by atoms with Gasteiger partial charge in [-0.05, 0) is 73.9 Å². The largest absolute Gasteiger partial charge is 0.480 e. The molecule has 1 aliphatic rings. The van der Waals surface area contributed by atoms with Crippen LogP contribution < -0.4 is 9.62 Å². The third-order valence-electron chi connectivity index (χ3n) is 7.24. The number of hydrogen-bond acceptors (Lipinski definition) is 7. The Morgan fingerprint density at radius 3 is 2.30 bits per heavy atom. The lowest BCUT2D eigenvalue weighted by Crippen LogP contribution is -2.52. The topological polar surface area (TPSA) is 123 Å². The van der Waals surface area contributed by atoms with Crippen LogP contribution in [0.25, 0.3) is 16.7 Å². The van der Waals surface area contributed by atoms with Gasteiger partial charge < -0.3 is 24.5 Å². The standard InChI is InChI=1S/C31H34Cl2N4O6S/c1-30(2,3)28(29(38)39)37(44(40,41)25-14-20(32)13-21(33)15-25)24-7-8-26-19(12-24)10-11-36(26)27-9-6-22(16-34-27)35-23-17-42-31(4,5)43-18-23/h6-16,23,28,35H,17-18H2,1-5H3,(H,38,39). The second kappa shape index (κ2) is 11.9. The van der Waals surface area contributed by atoms with Crippen LogP contribution in [0.3, 0.4) is 0 Å². The maximum atomic E-state index is 14.1. The summed E-state index contributed by atoms with van der Waals surface area (Å²) in [4.78, 5) is 17.0. The Kier molecular flexibility index (Phi) is 8.65. The van der Waals surface area contributed by atoms with Gasteiger partial charge in [-0.25, -0.2) is 18.2 Å². The number of carbonyl (C=O) groups is 1. The summed E-state index contributed by atoms with van der Waals surface area (Å²) in [5.41, 5.74) is 0.770. The Morgan fingerprint density at radius 1 is 1.07 bits per heavy atom. The van der Waals surface area contributed by atoms with E-state index in [9.17, 15) is 18.3 Å². The van der Waals surface area contributed by atoms with Gasteiger partial charge in [0.25, 0.3) is 10.0 Å². The van der Waals surface area contributed by atoms with Crippen LogP contribution in [0.4, 0.5) is 11.4 Å². The van der Waals surface area contributed by atoms with Gasteiger partial charge in [0.2, 0.25) is 0 Å². The number of rotatable bonds is 8. The molecule has 2 aromatic carbocycles. The van der Waals surface area contributed by atoms with E-state index in [1.165, 1.54) is 18.2 Å². The molecule has 0 amide bonds. The maximum Gasteiger partial charge on any atom is 0.328 e. The van der Waals surface area contributed by atoms with Gasteiger partial charge in [0.05, 0.1) is 47.2 Å². The van der Waals surface area contributed by atoms with Crippen LogP contribution in [0, 0.1) is 5.41 Å². The maximum absolute atomic E-state index is 14.1. The van der Waals surface area contributed by atoms with Crippen molar-refractivity contribution in [1.82, 2.24) is 9.55 Å². The third-order valence-corrected chi connectivity index (χ3v) is 9.45. The molecule has 1 saturated heterocycles. The number of aliphatic carboxylic acids is 1. The van der Waals surface area contributed by atoms with Crippen molar-refractivity contribution in [1.29, 1.82) is 0 Å². The van der Waals surface area contributed by atoms with Gasteiger partial charge in [0.15, 0.2) is 5.79 Å². The van der Waals surface area contributed by atoms with Crippen LogP contribution in [0.15, 0.2) is 71.9 Å². The summed E-state index contributed by atoms with van der Waals surface area (Å²) in [6.07, 6.45) is 3.54. The minimum absolute atomic E-state index is 0.00797.